The van der Waals surface area contributed by atoms with Crippen LogP contribution in [-0.2, 0) is 4.57 Å². The van der Waals surface area contributed by atoms with Gasteiger partial charge >= 0.3 is 12.4 Å². The number of hydrogen-bond donors (Lipinski definition) is 1. The van der Waals surface area contributed by atoms with E-state index in [1.807, 2.05) is 0 Å². The standard InChI is InChI=1S/C6H9F6O2P/c7-5(8,9)2-1-3-15(13,14)4-6(10,11)12/h1-4H2,(H,13,14). The Kier molecular flexibility index (Phi) is 4.67. The summed E-state index contributed by atoms with van der Waals surface area (Å²) in [4.78, 5) is 8.72. The molecule has 0 rings (SSSR count). The van der Waals surface area contributed by atoms with Gasteiger partial charge in [0.1, 0.15) is 6.16 Å². The Labute approximate surface area is 81.7 Å². The first-order chi connectivity index (χ1) is 6.41. The van der Waals surface area contributed by atoms with Crippen molar-refractivity contribution in [3.8, 4) is 0 Å². The molecule has 0 aromatic carbocycles. The summed E-state index contributed by atoms with van der Waals surface area (Å²) < 4.78 is 80.5. The van der Waals surface area contributed by atoms with E-state index in [1.165, 1.54) is 0 Å². The second-order valence-corrected chi connectivity index (χ2v) is 5.52. The van der Waals surface area contributed by atoms with E-state index >= 15 is 0 Å². The molecule has 92 valence electrons. The topological polar surface area (TPSA) is 37.3 Å². The molecular formula is C6H9F6O2P. The van der Waals surface area contributed by atoms with Gasteiger partial charge in [-0.2, -0.15) is 26.3 Å². The monoisotopic (exact) mass is 258 g/mol. The van der Waals surface area contributed by atoms with Crippen molar-refractivity contribution in [3.05, 3.63) is 0 Å². The molecule has 0 aliphatic carbocycles. The molecule has 1 unspecified atom stereocenters. The zero-order chi connectivity index (χ0) is 12.3. The van der Waals surface area contributed by atoms with Gasteiger partial charge in [-0.25, -0.2) is 0 Å². The fourth-order valence-electron chi connectivity index (χ4n) is 0.886. The summed E-state index contributed by atoms with van der Waals surface area (Å²) in [6, 6.07) is 0. The predicted molar refractivity (Wildman–Crippen MR) is 40.9 cm³/mol. The van der Waals surface area contributed by atoms with E-state index in [-0.39, 0.29) is 0 Å². The predicted octanol–water partition coefficient (Wildman–Crippen LogP) is 3.16. The Morgan fingerprint density at radius 3 is 1.80 bits per heavy atom. The highest BCUT2D eigenvalue weighted by molar-refractivity contribution is 7.58. The van der Waals surface area contributed by atoms with Crippen LogP contribution < -0.4 is 0 Å². The first-order valence-electron chi connectivity index (χ1n) is 3.86. The van der Waals surface area contributed by atoms with E-state index in [1.54, 1.807) is 0 Å². The van der Waals surface area contributed by atoms with Gasteiger partial charge in [0, 0.05) is 12.6 Å². The number of rotatable bonds is 4. The van der Waals surface area contributed by atoms with Gasteiger partial charge in [-0.1, -0.05) is 0 Å². The first-order valence-corrected chi connectivity index (χ1v) is 5.89. The third kappa shape index (κ3) is 10.1. The van der Waals surface area contributed by atoms with E-state index in [4.69, 9.17) is 4.89 Å². The Morgan fingerprint density at radius 1 is 1.00 bits per heavy atom. The molecule has 0 bridgehead atoms. The molecule has 15 heavy (non-hydrogen) atoms. The number of hydrogen-bond acceptors (Lipinski definition) is 1. The van der Waals surface area contributed by atoms with E-state index in [0.717, 1.165) is 0 Å². The van der Waals surface area contributed by atoms with E-state index in [9.17, 15) is 30.9 Å². The lowest BCUT2D eigenvalue weighted by Crippen LogP contribution is -2.16. The minimum Gasteiger partial charge on any atom is -0.344 e. The van der Waals surface area contributed by atoms with Crippen LogP contribution in [0.4, 0.5) is 26.3 Å². The van der Waals surface area contributed by atoms with Crippen LogP contribution in [0.2, 0.25) is 0 Å². The first kappa shape index (κ1) is 14.8. The summed E-state index contributed by atoms with van der Waals surface area (Å²) in [5.41, 5.74) is 0. The van der Waals surface area contributed by atoms with Crippen LogP contribution in [0.15, 0.2) is 0 Å². The molecule has 0 heterocycles. The van der Waals surface area contributed by atoms with Gasteiger partial charge in [0.05, 0.1) is 0 Å². The van der Waals surface area contributed by atoms with Crippen LogP contribution in [0.5, 0.6) is 0 Å². The highest BCUT2D eigenvalue weighted by Crippen LogP contribution is 2.46. The lowest BCUT2D eigenvalue weighted by Gasteiger charge is -2.14. The third-order valence-electron chi connectivity index (χ3n) is 1.39. The molecule has 0 saturated carbocycles. The fourth-order valence-corrected chi connectivity index (χ4v) is 2.26. The molecule has 0 aromatic rings. The van der Waals surface area contributed by atoms with Gasteiger partial charge in [0.15, 0.2) is 0 Å². The number of halogens is 6. The maximum atomic E-state index is 11.7. The van der Waals surface area contributed by atoms with Crippen molar-refractivity contribution in [1.29, 1.82) is 0 Å². The molecule has 0 spiro atoms. The average Bonchev–Trinajstić information content (AvgIpc) is 1.75. The van der Waals surface area contributed by atoms with Crippen LogP contribution in [0.25, 0.3) is 0 Å². The van der Waals surface area contributed by atoms with Crippen molar-refractivity contribution >= 4 is 7.37 Å². The Morgan fingerprint density at radius 2 is 1.47 bits per heavy atom. The Bertz CT molecular complexity index is 245. The zero-order valence-corrected chi connectivity index (χ0v) is 8.29. The van der Waals surface area contributed by atoms with Gasteiger partial charge in [-0.05, 0) is 6.42 Å². The molecule has 0 aliphatic heterocycles. The summed E-state index contributed by atoms with van der Waals surface area (Å²) in [5, 5.41) is 0. The summed E-state index contributed by atoms with van der Waals surface area (Å²) in [7, 11) is -4.53. The lowest BCUT2D eigenvalue weighted by atomic mass is 10.3. The maximum absolute atomic E-state index is 11.7. The molecule has 0 saturated heterocycles. The van der Waals surface area contributed by atoms with E-state index in [2.05, 4.69) is 0 Å². The van der Waals surface area contributed by atoms with Crippen molar-refractivity contribution in [2.45, 2.75) is 25.2 Å². The van der Waals surface area contributed by atoms with Crippen LogP contribution in [0, 0.1) is 0 Å². The molecule has 2 nitrogen and oxygen atoms in total. The molecule has 0 fully saturated rings. The summed E-state index contributed by atoms with van der Waals surface area (Å²) in [6.07, 6.45) is -14.4. The van der Waals surface area contributed by atoms with Gasteiger partial charge in [-0.15, -0.1) is 0 Å². The summed E-state index contributed by atoms with van der Waals surface area (Å²) in [5.74, 6) is 0. The Hall–Kier alpha value is -0.230. The molecule has 9 heteroatoms. The highest BCUT2D eigenvalue weighted by Gasteiger charge is 2.38. The largest absolute Gasteiger partial charge is 0.397 e. The second kappa shape index (κ2) is 4.74. The molecule has 1 atom stereocenters. The molecular weight excluding hydrogens is 249 g/mol. The molecule has 0 radical (unpaired) electrons. The fraction of sp³-hybridized carbons (Fsp3) is 1.00. The SMILES string of the molecule is O=P(O)(CCCC(F)(F)F)CC(F)(F)F. The van der Waals surface area contributed by atoms with Gasteiger partial charge < -0.3 is 4.89 Å². The zero-order valence-electron chi connectivity index (χ0n) is 7.40. The van der Waals surface area contributed by atoms with E-state index < -0.39 is 44.9 Å². The van der Waals surface area contributed by atoms with Crippen molar-refractivity contribution in [2.24, 2.45) is 0 Å². The normalized spacial score (nSPS) is 17.5. The van der Waals surface area contributed by atoms with Crippen molar-refractivity contribution in [2.75, 3.05) is 12.3 Å². The van der Waals surface area contributed by atoms with Crippen LogP contribution >= 0.6 is 7.37 Å². The third-order valence-corrected chi connectivity index (χ3v) is 3.26. The highest BCUT2D eigenvalue weighted by atomic mass is 31.2. The summed E-state index contributed by atoms with van der Waals surface area (Å²) >= 11 is 0. The van der Waals surface area contributed by atoms with Crippen LogP contribution in [0.1, 0.15) is 12.8 Å². The number of alkyl halides is 6. The van der Waals surface area contributed by atoms with Gasteiger partial charge in [0.25, 0.3) is 0 Å². The smallest absolute Gasteiger partial charge is 0.344 e. The molecule has 1 N–H and O–H groups in total. The minimum atomic E-state index is -4.83. The van der Waals surface area contributed by atoms with Crippen LogP contribution in [-0.4, -0.2) is 29.6 Å². The molecule has 0 aliphatic rings. The van der Waals surface area contributed by atoms with Gasteiger partial charge in [-0.3, -0.25) is 4.57 Å². The maximum Gasteiger partial charge on any atom is 0.397 e. The van der Waals surface area contributed by atoms with Crippen LogP contribution in [0.3, 0.4) is 0 Å². The summed E-state index contributed by atoms with van der Waals surface area (Å²) in [6.45, 7) is 0. The second-order valence-electron chi connectivity index (χ2n) is 3.06. The van der Waals surface area contributed by atoms with Crippen molar-refractivity contribution < 1.29 is 35.8 Å². The van der Waals surface area contributed by atoms with Gasteiger partial charge in [0.2, 0.25) is 7.37 Å². The lowest BCUT2D eigenvalue weighted by molar-refractivity contribution is -0.134. The quantitative estimate of drug-likeness (QED) is 0.621. The molecule has 0 aromatic heterocycles. The molecule has 0 amide bonds. The average molecular weight is 258 g/mol. The van der Waals surface area contributed by atoms with Crippen molar-refractivity contribution in [3.63, 3.8) is 0 Å². The van der Waals surface area contributed by atoms with Crippen molar-refractivity contribution in [1.82, 2.24) is 0 Å². The Balaban J connectivity index is 4.01. The minimum absolute atomic E-state index is 0.770. The van der Waals surface area contributed by atoms with E-state index in [0.29, 0.717) is 0 Å².